The molecule has 3 nitrogen and oxygen atoms in total. The van der Waals surface area contributed by atoms with Crippen LogP contribution in [0.5, 0.6) is 0 Å². The molecule has 0 aliphatic heterocycles. The molecule has 0 aromatic heterocycles. The van der Waals surface area contributed by atoms with E-state index in [0.717, 1.165) is 6.07 Å². The highest BCUT2D eigenvalue weighted by atomic mass is 35.5. The number of benzene rings is 2. The van der Waals surface area contributed by atoms with Gasteiger partial charge in [-0.2, -0.15) is 5.26 Å². The van der Waals surface area contributed by atoms with Crippen molar-refractivity contribution in [2.75, 3.05) is 5.73 Å². The van der Waals surface area contributed by atoms with E-state index >= 15 is 0 Å². The third-order valence-corrected chi connectivity index (χ3v) is 4.45. The number of nitrogens with two attached hydrogens (primary N) is 1. The van der Waals surface area contributed by atoms with E-state index in [1.165, 1.54) is 18.2 Å². The minimum Gasteiger partial charge on any atom is -0.399 e. The lowest BCUT2D eigenvalue weighted by atomic mass is 10.1. The summed E-state index contributed by atoms with van der Waals surface area (Å²) in [6.45, 7) is 0. The first-order valence-electron chi connectivity index (χ1n) is 5.62. The Morgan fingerprint density at radius 3 is 2.75 bits per heavy atom. The summed E-state index contributed by atoms with van der Waals surface area (Å²) in [5.74, 6) is -0.468. The Morgan fingerprint density at radius 1 is 1.30 bits per heavy atom. The molecule has 0 radical (unpaired) electrons. The lowest BCUT2D eigenvalue weighted by molar-refractivity contribution is 0.625. The molecule has 0 saturated carbocycles. The molecule has 0 heterocycles. The Bertz CT molecular complexity index is 728. The van der Waals surface area contributed by atoms with Gasteiger partial charge in [0.1, 0.15) is 5.82 Å². The van der Waals surface area contributed by atoms with Gasteiger partial charge in [-0.1, -0.05) is 11.6 Å². The zero-order valence-corrected chi connectivity index (χ0v) is 11.8. The summed E-state index contributed by atoms with van der Waals surface area (Å²) in [7, 11) is -1.46. The van der Waals surface area contributed by atoms with E-state index in [0.29, 0.717) is 21.2 Å². The molecule has 2 aromatic carbocycles. The summed E-state index contributed by atoms with van der Waals surface area (Å²) in [4.78, 5) is 0.398. The second-order valence-electron chi connectivity index (χ2n) is 4.14. The van der Waals surface area contributed by atoms with Gasteiger partial charge in [0.15, 0.2) is 0 Å². The highest BCUT2D eigenvalue weighted by molar-refractivity contribution is 7.84. The number of nitriles is 1. The zero-order chi connectivity index (χ0) is 14.7. The molecule has 2 aromatic rings. The van der Waals surface area contributed by atoms with E-state index in [4.69, 9.17) is 22.6 Å². The summed E-state index contributed by atoms with van der Waals surface area (Å²) >= 11 is 5.97. The predicted molar refractivity (Wildman–Crippen MR) is 77.1 cm³/mol. The van der Waals surface area contributed by atoms with Gasteiger partial charge in [0, 0.05) is 5.69 Å². The quantitative estimate of drug-likeness (QED) is 0.885. The van der Waals surface area contributed by atoms with E-state index in [1.54, 1.807) is 12.1 Å². The topological polar surface area (TPSA) is 66.9 Å². The smallest absolute Gasteiger partial charge is 0.124 e. The average Bonchev–Trinajstić information content (AvgIpc) is 2.40. The van der Waals surface area contributed by atoms with Crippen LogP contribution in [-0.2, 0) is 16.6 Å². The molecule has 0 saturated heterocycles. The lowest BCUT2D eigenvalue weighted by Gasteiger charge is -2.06. The maximum atomic E-state index is 13.3. The molecule has 0 fully saturated rings. The fourth-order valence-electron chi connectivity index (χ4n) is 1.72. The number of hydrogen-bond donors (Lipinski definition) is 1. The number of nitrogen functional groups attached to an aromatic ring is 1. The molecular formula is C14H10ClFN2OS. The van der Waals surface area contributed by atoms with Gasteiger partial charge in [-0.3, -0.25) is 4.21 Å². The molecule has 102 valence electrons. The average molecular weight is 309 g/mol. The summed E-state index contributed by atoms with van der Waals surface area (Å²) in [5, 5.41) is 9.13. The second kappa shape index (κ2) is 6.04. The molecule has 2 N–H and O–H groups in total. The number of nitrogens with zero attached hydrogens (tertiary/aromatic N) is 1. The minimum absolute atomic E-state index is 0.0651. The van der Waals surface area contributed by atoms with Gasteiger partial charge in [-0.25, -0.2) is 4.39 Å². The van der Waals surface area contributed by atoms with E-state index in [1.807, 2.05) is 6.07 Å². The fourth-order valence-corrected chi connectivity index (χ4v) is 3.28. The molecule has 1 atom stereocenters. The number of hydrogen-bond acceptors (Lipinski definition) is 3. The van der Waals surface area contributed by atoms with Gasteiger partial charge in [0.05, 0.1) is 38.1 Å². The maximum absolute atomic E-state index is 13.3. The van der Waals surface area contributed by atoms with Gasteiger partial charge in [-0.05, 0) is 42.0 Å². The molecule has 2 rings (SSSR count). The van der Waals surface area contributed by atoms with Crippen molar-refractivity contribution < 1.29 is 8.60 Å². The highest BCUT2D eigenvalue weighted by Gasteiger charge is 2.11. The SMILES string of the molecule is N#Cc1cc(F)cc(CS(=O)c2cc(N)ccc2Cl)c1. The first-order chi connectivity index (χ1) is 9.49. The van der Waals surface area contributed by atoms with E-state index in [2.05, 4.69) is 0 Å². The first kappa shape index (κ1) is 14.5. The Morgan fingerprint density at radius 2 is 2.05 bits per heavy atom. The number of rotatable bonds is 3. The van der Waals surface area contributed by atoms with Crippen molar-refractivity contribution in [1.29, 1.82) is 5.26 Å². The Balaban J connectivity index is 2.30. The molecule has 1 unspecified atom stereocenters. The van der Waals surface area contributed by atoms with Gasteiger partial charge in [0.2, 0.25) is 0 Å². The predicted octanol–water partition coefficient (Wildman–Crippen LogP) is 3.24. The van der Waals surface area contributed by atoms with Crippen LogP contribution < -0.4 is 5.73 Å². The largest absolute Gasteiger partial charge is 0.399 e. The molecule has 0 aliphatic carbocycles. The molecule has 20 heavy (non-hydrogen) atoms. The van der Waals surface area contributed by atoms with Crippen molar-refractivity contribution in [3.8, 4) is 6.07 Å². The molecule has 0 aliphatic rings. The van der Waals surface area contributed by atoms with E-state index in [-0.39, 0.29) is 11.3 Å². The van der Waals surface area contributed by atoms with Gasteiger partial charge in [-0.15, -0.1) is 0 Å². The van der Waals surface area contributed by atoms with Crippen LogP contribution >= 0.6 is 11.6 Å². The van der Waals surface area contributed by atoms with Crippen molar-refractivity contribution in [3.05, 3.63) is 58.4 Å². The molecule has 6 heteroatoms. The van der Waals surface area contributed by atoms with Crippen LogP contribution in [0.4, 0.5) is 10.1 Å². The summed E-state index contributed by atoms with van der Waals surface area (Å²) < 4.78 is 25.6. The molecule has 0 spiro atoms. The summed E-state index contributed by atoms with van der Waals surface area (Å²) in [5.41, 5.74) is 6.75. The zero-order valence-electron chi connectivity index (χ0n) is 10.3. The van der Waals surface area contributed by atoms with Crippen molar-refractivity contribution in [2.24, 2.45) is 0 Å². The van der Waals surface area contributed by atoms with Crippen molar-refractivity contribution >= 4 is 28.1 Å². The second-order valence-corrected chi connectivity index (χ2v) is 5.97. The normalized spacial score (nSPS) is 11.8. The van der Waals surface area contributed by atoms with Crippen molar-refractivity contribution in [3.63, 3.8) is 0 Å². The monoisotopic (exact) mass is 308 g/mol. The van der Waals surface area contributed by atoms with Crippen molar-refractivity contribution in [2.45, 2.75) is 10.6 Å². The van der Waals surface area contributed by atoms with Crippen LogP contribution in [-0.4, -0.2) is 4.21 Å². The lowest BCUT2D eigenvalue weighted by Crippen LogP contribution is -2.00. The highest BCUT2D eigenvalue weighted by Crippen LogP contribution is 2.24. The van der Waals surface area contributed by atoms with Gasteiger partial charge in [0.25, 0.3) is 0 Å². The standard InChI is InChI=1S/C14H10ClFN2OS/c15-13-2-1-12(18)6-14(13)20(19)8-10-3-9(7-17)4-11(16)5-10/h1-6H,8,18H2. The van der Waals surface area contributed by atoms with Gasteiger partial charge < -0.3 is 5.73 Å². The van der Waals surface area contributed by atoms with Crippen LogP contribution in [0.2, 0.25) is 5.02 Å². The first-order valence-corrected chi connectivity index (χ1v) is 7.32. The maximum Gasteiger partial charge on any atom is 0.124 e. The molecule has 0 bridgehead atoms. The summed E-state index contributed by atoms with van der Waals surface area (Å²) in [6.07, 6.45) is 0. The Hall–Kier alpha value is -1.90. The number of halogens is 2. The van der Waals surface area contributed by atoms with Crippen LogP contribution in [0.15, 0.2) is 41.3 Å². The van der Waals surface area contributed by atoms with E-state index < -0.39 is 16.6 Å². The molecule has 0 amide bonds. The van der Waals surface area contributed by atoms with Crippen LogP contribution in [0.1, 0.15) is 11.1 Å². The van der Waals surface area contributed by atoms with Crippen LogP contribution in [0.3, 0.4) is 0 Å². The third kappa shape index (κ3) is 3.35. The van der Waals surface area contributed by atoms with Crippen LogP contribution in [0, 0.1) is 17.1 Å². The van der Waals surface area contributed by atoms with E-state index in [9.17, 15) is 8.60 Å². The minimum atomic E-state index is -1.46. The molecular weight excluding hydrogens is 299 g/mol. The Labute approximate surface area is 123 Å². The number of anilines is 1. The van der Waals surface area contributed by atoms with Crippen molar-refractivity contribution in [1.82, 2.24) is 0 Å². The third-order valence-electron chi connectivity index (χ3n) is 2.58. The fraction of sp³-hybridized carbons (Fsp3) is 0.0714. The van der Waals surface area contributed by atoms with Gasteiger partial charge >= 0.3 is 0 Å². The van der Waals surface area contributed by atoms with Crippen LogP contribution in [0.25, 0.3) is 0 Å². The summed E-state index contributed by atoms with van der Waals surface area (Å²) in [6, 6.07) is 10.4. The Kier molecular flexibility index (Phi) is 4.38.